The van der Waals surface area contributed by atoms with Gasteiger partial charge >= 0.3 is 6.61 Å². The Hall–Kier alpha value is -0.910. The second kappa shape index (κ2) is 6.87. The van der Waals surface area contributed by atoms with Gasteiger partial charge in [-0.15, -0.1) is 0 Å². The smallest absolute Gasteiger partial charge is 0.387 e. The monoisotopic (exact) mass is 279 g/mol. The third kappa shape index (κ3) is 5.16. The summed E-state index contributed by atoms with van der Waals surface area (Å²) in [4.78, 5) is 1.80. The maximum absolute atomic E-state index is 12.2. The van der Waals surface area contributed by atoms with Crippen molar-refractivity contribution in [2.45, 2.75) is 26.2 Å². The molecule has 0 aliphatic rings. The van der Waals surface area contributed by atoms with Crippen molar-refractivity contribution in [2.75, 3.05) is 13.6 Å². The highest BCUT2D eigenvalue weighted by Gasteiger charge is 2.12. The third-order valence-electron chi connectivity index (χ3n) is 2.25. The molecule has 1 rings (SSSR count). The van der Waals surface area contributed by atoms with E-state index in [2.05, 4.69) is 4.74 Å². The number of ether oxygens (including phenoxy) is 1. The molecule has 1 N–H and O–H groups in total. The molecule has 1 unspecified atom stereocenters. The Labute approximate surface area is 110 Å². The Bertz CT molecular complexity index is 388. The first-order chi connectivity index (χ1) is 8.38. The highest BCUT2D eigenvalue weighted by atomic mass is 35.5. The number of aliphatic hydroxyl groups is 1. The van der Waals surface area contributed by atoms with E-state index in [4.69, 9.17) is 11.6 Å². The fourth-order valence-electron chi connectivity index (χ4n) is 1.69. The van der Waals surface area contributed by atoms with Gasteiger partial charge in [0.15, 0.2) is 0 Å². The molecule has 6 heteroatoms. The quantitative estimate of drug-likeness (QED) is 0.869. The van der Waals surface area contributed by atoms with Crippen LogP contribution >= 0.6 is 11.6 Å². The SMILES string of the molecule is CC(O)CN(C)Cc1cc(Cl)ccc1OC(F)F. The second-order valence-electron chi connectivity index (χ2n) is 4.18. The molecular weight excluding hydrogens is 264 g/mol. The Kier molecular flexibility index (Phi) is 5.78. The van der Waals surface area contributed by atoms with Gasteiger partial charge in [0, 0.05) is 23.7 Å². The zero-order valence-corrected chi connectivity index (χ0v) is 11.0. The van der Waals surface area contributed by atoms with Crippen LogP contribution in [0, 0.1) is 0 Å². The Morgan fingerprint density at radius 3 is 2.67 bits per heavy atom. The molecule has 1 aromatic rings. The highest BCUT2D eigenvalue weighted by Crippen LogP contribution is 2.25. The summed E-state index contributed by atoms with van der Waals surface area (Å²) in [5.41, 5.74) is 0.561. The summed E-state index contributed by atoms with van der Waals surface area (Å²) in [6, 6.07) is 4.50. The largest absolute Gasteiger partial charge is 0.434 e. The number of halogens is 3. The van der Waals surface area contributed by atoms with E-state index in [0.717, 1.165) is 0 Å². The number of benzene rings is 1. The predicted octanol–water partition coefficient (Wildman–Crippen LogP) is 2.75. The highest BCUT2D eigenvalue weighted by molar-refractivity contribution is 6.30. The van der Waals surface area contributed by atoms with Crippen LogP contribution in [0.4, 0.5) is 8.78 Å². The molecule has 0 aliphatic carbocycles. The van der Waals surface area contributed by atoms with E-state index < -0.39 is 12.7 Å². The fourth-order valence-corrected chi connectivity index (χ4v) is 1.88. The standard InChI is InChI=1S/C12H16ClF2NO2/c1-8(17)6-16(2)7-9-5-10(13)3-4-11(9)18-12(14)15/h3-5,8,12,17H,6-7H2,1-2H3. The van der Waals surface area contributed by atoms with Gasteiger partial charge < -0.3 is 9.84 Å². The first-order valence-electron chi connectivity index (χ1n) is 5.48. The first-order valence-corrected chi connectivity index (χ1v) is 5.86. The van der Waals surface area contributed by atoms with Crippen LogP contribution in [0.25, 0.3) is 0 Å². The number of nitrogens with zero attached hydrogens (tertiary/aromatic N) is 1. The summed E-state index contributed by atoms with van der Waals surface area (Å²) in [6.07, 6.45) is -0.492. The van der Waals surface area contributed by atoms with Crippen LogP contribution in [0.1, 0.15) is 12.5 Å². The number of hydrogen-bond donors (Lipinski definition) is 1. The zero-order chi connectivity index (χ0) is 13.7. The number of likely N-dealkylation sites (N-methyl/N-ethyl adjacent to an activating group) is 1. The van der Waals surface area contributed by atoms with Gasteiger partial charge in [0.2, 0.25) is 0 Å². The molecule has 1 atom stereocenters. The number of hydrogen-bond acceptors (Lipinski definition) is 3. The molecule has 0 radical (unpaired) electrons. The van der Waals surface area contributed by atoms with E-state index in [1.165, 1.54) is 12.1 Å². The van der Waals surface area contributed by atoms with Crippen molar-refractivity contribution in [3.8, 4) is 5.75 Å². The Morgan fingerprint density at radius 1 is 1.44 bits per heavy atom. The molecule has 0 fully saturated rings. The van der Waals surface area contributed by atoms with Crippen LogP contribution in [0.15, 0.2) is 18.2 Å². The van der Waals surface area contributed by atoms with E-state index in [1.807, 2.05) is 0 Å². The van der Waals surface area contributed by atoms with Crippen LogP contribution in [0.2, 0.25) is 5.02 Å². The van der Waals surface area contributed by atoms with E-state index in [0.29, 0.717) is 23.7 Å². The lowest BCUT2D eigenvalue weighted by Crippen LogP contribution is -2.27. The van der Waals surface area contributed by atoms with Crippen LogP contribution in [-0.2, 0) is 6.54 Å². The lowest BCUT2D eigenvalue weighted by molar-refractivity contribution is -0.0508. The minimum absolute atomic E-state index is 0.104. The summed E-state index contributed by atoms with van der Waals surface area (Å²) in [5, 5.41) is 9.71. The average Bonchev–Trinajstić information content (AvgIpc) is 2.20. The summed E-state index contributed by atoms with van der Waals surface area (Å²) < 4.78 is 28.9. The molecule has 3 nitrogen and oxygen atoms in total. The van der Waals surface area contributed by atoms with Gasteiger partial charge in [0.1, 0.15) is 5.75 Å². The fraction of sp³-hybridized carbons (Fsp3) is 0.500. The zero-order valence-electron chi connectivity index (χ0n) is 10.2. The summed E-state index contributed by atoms with van der Waals surface area (Å²) in [6.45, 7) is -0.411. The topological polar surface area (TPSA) is 32.7 Å². The maximum atomic E-state index is 12.2. The van der Waals surface area contributed by atoms with E-state index in [-0.39, 0.29) is 5.75 Å². The molecular formula is C12H16ClF2NO2. The van der Waals surface area contributed by atoms with Crippen molar-refractivity contribution in [3.05, 3.63) is 28.8 Å². The van der Waals surface area contributed by atoms with E-state index >= 15 is 0 Å². The van der Waals surface area contributed by atoms with Crippen LogP contribution < -0.4 is 4.74 Å². The number of rotatable bonds is 6. The minimum Gasteiger partial charge on any atom is -0.434 e. The predicted molar refractivity (Wildman–Crippen MR) is 66.1 cm³/mol. The molecule has 0 spiro atoms. The normalized spacial score (nSPS) is 13.1. The minimum atomic E-state index is -2.87. The molecule has 0 saturated carbocycles. The van der Waals surface area contributed by atoms with Crippen LogP contribution in [0.3, 0.4) is 0 Å². The van der Waals surface area contributed by atoms with E-state index in [1.54, 1.807) is 24.9 Å². The van der Waals surface area contributed by atoms with E-state index in [9.17, 15) is 13.9 Å². The maximum Gasteiger partial charge on any atom is 0.387 e. The lowest BCUT2D eigenvalue weighted by atomic mass is 10.2. The molecule has 0 amide bonds. The lowest BCUT2D eigenvalue weighted by Gasteiger charge is -2.20. The summed E-state index contributed by atoms with van der Waals surface area (Å²) in [5.74, 6) is 0.104. The van der Waals surface area contributed by atoms with Gasteiger partial charge in [-0.2, -0.15) is 8.78 Å². The third-order valence-corrected chi connectivity index (χ3v) is 2.49. The molecule has 102 valence electrons. The van der Waals surface area contributed by atoms with Crippen molar-refractivity contribution in [2.24, 2.45) is 0 Å². The van der Waals surface area contributed by atoms with Crippen molar-refractivity contribution >= 4 is 11.6 Å². The van der Waals surface area contributed by atoms with Gasteiger partial charge in [0.05, 0.1) is 6.10 Å². The van der Waals surface area contributed by atoms with Crippen molar-refractivity contribution < 1.29 is 18.6 Å². The van der Waals surface area contributed by atoms with Gasteiger partial charge in [-0.3, -0.25) is 4.90 Å². The molecule has 0 bridgehead atoms. The number of aliphatic hydroxyl groups excluding tert-OH is 1. The molecule has 1 aromatic carbocycles. The second-order valence-corrected chi connectivity index (χ2v) is 4.61. The van der Waals surface area contributed by atoms with Gasteiger partial charge in [-0.25, -0.2) is 0 Å². The Morgan fingerprint density at radius 2 is 2.11 bits per heavy atom. The Balaban J connectivity index is 2.81. The number of alkyl halides is 2. The molecule has 0 heterocycles. The summed E-state index contributed by atoms with van der Waals surface area (Å²) in [7, 11) is 1.78. The van der Waals surface area contributed by atoms with Crippen molar-refractivity contribution in [1.82, 2.24) is 4.90 Å². The summed E-state index contributed by atoms with van der Waals surface area (Å²) >= 11 is 5.83. The molecule has 0 aliphatic heterocycles. The van der Waals surface area contributed by atoms with Gasteiger partial charge in [-0.1, -0.05) is 11.6 Å². The van der Waals surface area contributed by atoms with Crippen molar-refractivity contribution in [3.63, 3.8) is 0 Å². The van der Waals surface area contributed by atoms with Crippen molar-refractivity contribution in [1.29, 1.82) is 0 Å². The molecule has 0 aromatic heterocycles. The molecule has 18 heavy (non-hydrogen) atoms. The first kappa shape index (κ1) is 15.1. The van der Waals surface area contributed by atoms with Gasteiger partial charge in [0.25, 0.3) is 0 Å². The average molecular weight is 280 g/mol. The van der Waals surface area contributed by atoms with Gasteiger partial charge in [-0.05, 0) is 32.2 Å². The molecule has 0 saturated heterocycles. The van der Waals surface area contributed by atoms with Crippen LogP contribution in [-0.4, -0.2) is 36.3 Å². The van der Waals surface area contributed by atoms with Crippen LogP contribution in [0.5, 0.6) is 5.75 Å².